The number of hydrogen-bond acceptors (Lipinski definition) is 5. The molecule has 3 heterocycles. The van der Waals surface area contributed by atoms with E-state index in [0.29, 0.717) is 11.5 Å². The van der Waals surface area contributed by atoms with Gasteiger partial charge in [-0.2, -0.15) is 5.26 Å². The molecule has 6 rings (SSSR count). The molecule has 0 unspecified atom stereocenters. The van der Waals surface area contributed by atoms with Gasteiger partial charge in [-0.1, -0.05) is 24.3 Å². The lowest BCUT2D eigenvalue weighted by molar-refractivity contribution is -0.131. The lowest BCUT2D eigenvalue weighted by atomic mass is 9.76. The Kier molecular flexibility index (Phi) is 4.51. The molecule has 1 saturated heterocycles. The van der Waals surface area contributed by atoms with Gasteiger partial charge in [-0.25, -0.2) is 0 Å². The molecule has 2 fully saturated rings. The molecule has 2 aliphatic rings. The van der Waals surface area contributed by atoms with Gasteiger partial charge in [-0.15, -0.1) is 11.3 Å². The summed E-state index contributed by atoms with van der Waals surface area (Å²) in [5.74, 6) is 0.156. The van der Waals surface area contributed by atoms with Gasteiger partial charge < -0.3 is 5.32 Å². The number of carbonyl (C=O) groups excluding carboxylic acids is 1. The first kappa shape index (κ1) is 20.8. The van der Waals surface area contributed by atoms with E-state index in [1.807, 2.05) is 25.3 Å². The van der Waals surface area contributed by atoms with Gasteiger partial charge in [0.25, 0.3) is 0 Å². The average molecular weight is 466 g/mol. The maximum atomic E-state index is 13.6. The highest BCUT2D eigenvalue weighted by atomic mass is 32.1. The van der Waals surface area contributed by atoms with E-state index in [9.17, 15) is 10.1 Å². The number of aromatic nitrogens is 1. The number of carbonyl (C=O) groups is 1. The van der Waals surface area contributed by atoms with Crippen LogP contribution < -0.4 is 5.32 Å². The van der Waals surface area contributed by atoms with Crippen molar-refractivity contribution >= 4 is 44.2 Å². The van der Waals surface area contributed by atoms with Crippen LogP contribution in [0.5, 0.6) is 0 Å². The molecule has 6 nitrogen and oxygen atoms in total. The number of pyridine rings is 1. The van der Waals surface area contributed by atoms with Crippen molar-refractivity contribution in [3.05, 3.63) is 76.3 Å². The average Bonchev–Trinajstić information content (AvgIpc) is 3.60. The molecule has 2 atom stereocenters. The Hall–Kier alpha value is -3.76. The van der Waals surface area contributed by atoms with Crippen LogP contribution in [0.25, 0.3) is 21.0 Å². The van der Waals surface area contributed by atoms with Crippen molar-refractivity contribution in [2.24, 2.45) is 0 Å². The number of thiophene rings is 1. The lowest BCUT2D eigenvalue weighted by Gasteiger charge is -2.45. The second kappa shape index (κ2) is 7.37. The molecule has 34 heavy (non-hydrogen) atoms. The fourth-order valence-electron chi connectivity index (χ4n) is 5.04. The zero-order valence-electron chi connectivity index (χ0n) is 18.9. The van der Waals surface area contributed by atoms with Crippen LogP contribution in [0.2, 0.25) is 0 Å². The zero-order valence-corrected chi connectivity index (χ0v) is 19.7. The van der Waals surface area contributed by atoms with E-state index >= 15 is 0 Å². The summed E-state index contributed by atoms with van der Waals surface area (Å²) in [5, 5.41) is 23.1. The fraction of sp³-hybridized carbons (Fsp3) is 0.259. The molecule has 0 spiro atoms. The predicted molar refractivity (Wildman–Crippen MR) is 134 cm³/mol. The van der Waals surface area contributed by atoms with Crippen molar-refractivity contribution in [1.82, 2.24) is 15.2 Å². The van der Waals surface area contributed by atoms with Crippen LogP contribution in [0.3, 0.4) is 0 Å². The Morgan fingerprint density at radius 2 is 1.88 bits per heavy atom. The molecular formula is C27H23N5OS. The summed E-state index contributed by atoms with van der Waals surface area (Å²) in [7, 11) is 1.65. The van der Waals surface area contributed by atoms with Crippen molar-refractivity contribution in [2.75, 3.05) is 7.05 Å². The van der Waals surface area contributed by atoms with Crippen molar-refractivity contribution in [3.8, 4) is 6.07 Å². The molecule has 2 aromatic heterocycles. The van der Waals surface area contributed by atoms with E-state index in [1.165, 1.54) is 23.3 Å². The Balaban J connectivity index is 1.52. The second-order valence-corrected chi connectivity index (χ2v) is 10.5. The van der Waals surface area contributed by atoms with E-state index < -0.39 is 11.5 Å². The third kappa shape index (κ3) is 3.10. The van der Waals surface area contributed by atoms with Crippen LogP contribution in [-0.2, 0) is 10.3 Å². The number of rotatable bonds is 3. The number of nitriles is 1. The van der Waals surface area contributed by atoms with Crippen LogP contribution in [0, 0.1) is 16.7 Å². The Bertz CT molecular complexity index is 1530. The Morgan fingerprint density at radius 3 is 2.59 bits per heavy atom. The van der Waals surface area contributed by atoms with Crippen LogP contribution in [-0.4, -0.2) is 28.8 Å². The van der Waals surface area contributed by atoms with Crippen LogP contribution >= 0.6 is 11.3 Å². The third-order valence-corrected chi connectivity index (χ3v) is 8.50. The lowest BCUT2D eigenvalue weighted by Crippen LogP contribution is -2.62. The van der Waals surface area contributed by atoms with Crippen molar-refractivity contribution < 1.29 is 4.79 Å². The first-order chi connectivity index (χ1) is 16.4. The monoisotopic (exact) mass is 465 g/mol. The summed E-state index contributed by atoms with van der Waals surface area (Å²) in [5.41, 5.74) is 2.88. The van der Waals surface area contributed by atoms with Gasteiger partial charge >= 0.3 is 0 Å². The fourth-order valence-corrected chi connectivity index (χ4v) is 6.22. The largest absolute Gasteiger partial charge is 0.345 e. The molecule has 0 bridgehead atoms. The highest BCUT2D eigenvalue weighted by molar-refractivity contribution is 7.19. The van der Waals surface area contributed by atoms with E-state index in [0.717, 1.165) is 31.4 Å². The summed E-state index contributed by atoms with van der Waals surface area (Å²) in [4.78, 5) is 20.5. The number of likely N-dealkylation sites (N-methyl/N-ethyl adjacent to an activating group) is 1. The zero-order chi connectivity index (χ0) is 23.6. The van der Waals surface area contributed by atoms with Gasteiger partial charge in [-0.3, -0.25) is 20.1 Å². The maximum Gasteiger partial charge on any atom is 0.239 e. The maximum absolute atomic E-state index is 13.6. The SMILES string of the molecule is CN1C(=N)N[C@](C)(c2cc3c(cnc4ccc(C#N)cc43)s2)[C@H](c2ccc(C3CC3)cc2)C1=O. The molecule has 168 valence electrons. The molecule has 4 aromatic rings. The summed E-state index contributed by atoms with van der Waals surface area (Å²) < 4.78 is 0.987. The quantitative estimate of drug-likeness (QED) is 0.435. The Morgan fingerprint density at radius 1 is 1.15 bits per heavy atom. The van der Waals surface area contributed by atoms with Crippen LogP contribution in [0.1, 0.15) is 53.2 Å². The smallest absolute Gasteiger partial charge is 0.239 e. The first-order valence-corrected chi connectivity index (χ1v) is 12.2. The predicted octanol–water partition coefficient (Wildman–Crippen LogP) is 5.19. The minimum absolute atomic E-state index is 0.0885. The highest BCUT2D eigenvalue weighted by Gasteiger charge is 2.49. The van der Waals surface area contributed by atoms with Gasteiger partial charge in [0.15, 0.2) is 5.96 Å². The molecule has 7 heteroatoms. The standard InChI is InChI=1S/C27H23N5OS/c1-27(23-12-20-19-11-15(13-28)3-10-21(19)30-14-22(20)34-23)24(25(33)32(2)26(29)31-27)18-8-6-17(7-9-18)16-4-5-16/h3,6-12,14,16,24H,4-5H2,1-2H3,(H2,29,31)/t24-,27-/m1/s1. The van der Waals surface area contributed by atoms with Gasteiger partial charge in [0.1, 0.15) is 0 Å². The van der Waals surface area contributed by atoms with Crippen LogP contribution in [0.15, 0.2) is 54.7 Å². The summed E-state index contributed by atoms with van der Waals surface area (Å²) in [6, 6.07) is 18.2. The topological polar surface area (TPSA) is 92.9 Å². The molecule has 1 saturated carbocycles. The summed E-state index contributed by atoms with van der Waals surface area (Å²) >= 11 is 1.58. The number of nitrogens with zero attached hydrogens (tertiary/aromatic N) is 3. The molecule has 1 amide bonds. The first-order valence-electron chi connectivity index (χ1n) is 11.4. The minimum Gasteiger partial charge on any atom is -0.345 e. The number of guanidine groups is 1. The number of hydrogen-bond donors (Lipinski definition) is 2. The number of fused-ring (bicyclic) bond motifs is 3. The Labute approximate surface area is 201 Å². The van der Waals surface area contributed by atoms with E-state index in [1.54, 1.807) is 24.5 Å². The summed E-state index contributed by atoms with van der Waals surface area (Å²) in [6.07, 6.45) is 4.32. The number of benzene rings is 2. The molecule has 2 aromatic carbocycles. The molecule has 1 aliphatic carbocycles. The van der Waals surface area contributed by atoms with Crippen molar-refractivity contribution in [1.29, 1.82) is 10.7 Å². The number of amides is 1. The van der Waals surface area contributed by atoms with Crippen LogP contribution in [0.4, 0.5) is 0 Å². The normalized spacial score (nSPS) is 22.7. The summed E-state index contributed by atoms with van der Waals surface area (Å²) in [6.45, 7) is 2.01. The van der Waals surface area contributed by atoms with Gasteiger partial charge in [-0.05, 0) is 61.1 Å². The molecular weight excluding hydrogens is 442 g/mol. The third-order valence-electron chi connectivity index (χ3n) is 7.20. The van der Waals surface area contributed by atoms with Crippen molar-refractivity contribution in [2.45, 2.75) is 37.1 Å². The molecule has 1 aliphatic heterocycles. The van der Waals surface area contributed by atoms with Crippen molar-refractivity contribution in [3.63, 3.8) is 0 Å². The highest BCUT2D eigenvalue weighted by Crippen LogP contribution is 2.46. The number of nitrogens with one attached hydrogen (secondary N) is 2. The molecule has 0 radical (unpaired) electrons. The van der Waals surface area contributed by atoms with E-state index in [-0.39, 0.29) is 11.9 Å². The van der Waals surface area contributed by atoms with E-state index in [4.69, 9.17) is 5.41 Å². The van der Waals surface area contributed by atoms with Gasteiger partial charge in [0.2, 0.25) is 5.91 Å². The van der Waals surface area contributed by atoms with Gasteiger partial charge in [0.05, 0.1) is 33.3 Å². The van der Waals surface area contributed by atoms with E-state index in [2.05, 4.69) is 46.7 Å². The van der Waals surface area contributed by atoms with Gasteiger partial charge in [0, 0.05) is 28.9 Å². The molecule has 2 N–H and O–H groups in total. The minimum atomic E-state index is -0.801. The second-order valence-electron chi connectivity index (χ2n) is 9.44.